The van der Waals surface area contributed by atoms with E-state index in [1.807, 2.05) is 49.4 Å². The van der Waals surface area contributed by atoms with Crippen LogP contribution < -0.4 is 21.7 Å². The van der Waals surface area contributed by atoms with Crippen molar-refractivity contribution in [3.63, 3.8) is 0 Å². The molecule has 6 aromatic rings. The molecule has 0 aliphatic carbocycles. The molecule has 0 aliphatic rings. The molecular weight excluding hydrogens is 687 g/mol. The molecule has 0 atom stereocenters. The predicted octanol–water partition coefficient (Wildman–Crippen LogP) is 5.12. The fraction of sp³-hybridized carbons (Fsp3) is 0.156. The predicted molar refractivity (Wildman–Crippen MR) is 178 cm³/mol. The van der Waals surface area contributed by atoms with Crippen molar-refractivity contribution in [2.45, 2.75) is 26.4 Å². The smallest absolute Gasteiger partial charge is 0.439 e. The van der Waals surface area contributed by atoms with Gasteiger partial charge in [0, 0.05) is 71.9 Å². The molecule has 0 saturated heterocycles. The van der Waals surface area contributed by atoms with E-state index in [9.17, 15) is 19.2 Å². The van der Waals surface area contributed by atoms with Crippen LogP contribution in [0, 0.1) is 0 Å². The molecule has 0 unspecified atom stereocenters. The van der Waals surface area contributed by atoms with Gasteiger partial charge in [0.25, 0.3) is 5.56 Å². The Hall–Kier alpha value is -3.17. The maximum atomic E-state index is 13.9. The SMILES string of the molecule is CCc1cc2c(=O)n(CC(=O)c3ccc(OC)cc3)c(=O)n(Cc3ccc(-c4ccccc4-c4noc(=O)[nH]4)cc3Br)c2s1.[K]. The van der Waals surface area contributed by atoms with Gasteiger partial charge in [-0.25, -0.2) is 9.59 Å². The van der Waals surface area contributed by atoms with Crippen molar-refractivity contribution in [2.24, 2.45) is 0 Å². The zero-order valence-corrected chi connectivity index (χ0v) is 30.2. The van der Waals surface area contributed by atoms with Crippen molar-refractivity contribution in [1.82, 2.24) is 19.3 Å². The van der Waals surface area contributed by atoms with Crippen LogP contribution in [0.5, 0.6) is 5.75 Å². The quantitative estimate of drug-likeness (QED) is 0.163. The number of aryl methyl sites for hydroxylation is 1. The van der Waals surface area contributed by atoms with Gasteiger partial charge in [0.15, 0.2) is 11.6 Å². The van der Waals surface area contributed by atoms with E-state index >= 15 is 0 Å². The van der Waals surface area contributed by atoms with E-state index < -0.39 is 23.5 Å². The van der Waals surface area contributed by atoms with Crippen LogP contribution in [0.2, 0.25) is 0 Å². The van der Waals surface area contributed by atoms with Crippen LogP contribution in [-0.2, 0) is 19.5 Å². The number of hydrogen-bond donors (Lipinski definition) is 1. The maximum Gasteiger partial charge on any atom is 0.439 e. The van der Waals surface area contributed by atoms with Gasteiger partial charge in [0.05, 0.1) is 25.6 Å². The molecule has 10 nitrogen and oxygen atoms in total. The summed E-state index contributed by atoms with van der Waals surface area (Å²) >= 11 is 5.07. The van der Waals surface area contributed by atoms with Gasteiger partial charge in [-0.3, -0.25) is 28.2 Å². The molecule has 0 spiro atoms. The van der Waals surface area contributed by atoms with Gasteiger partial charge in [-0.15, -0.1) is 11.3 Å². The first kappa shape index (κ1) is 33.2. The van der Waals surface area contributed by atoms with Crippen molar-refractivity contribution in [2.75, 3.05) is 7.11 Å². The minimum Gasteiger partial charge on any atom is -0.497 e. The summed E-state index contributed by atoms with van der Waals surface area (Å²) in [6, 6.07) is 21.5. The van der Waals surface area contributed by atoms with Gasteiger partial charge in [0.2, 0.25) is 0 Å². The topological polar surface area (TPSA) is 129 Å². The summed E-state index contributed by atoms with van der Waals surface area (Å²) in [6.45, 7) is 1.76. The molecule has 0 amide bonds. The summed E-state index contributed by atoms with van der Waals surface area (Å²) in [4.78, 5) is 56.2. The molecule has 6 rings (SSSR count). The van der Waals surface area contributed by atoms with E-state index in [0.29, 0.717) is 39.3 Å². The van der Waals surface area contributed by atoms with Crippen LogP contribution in [0.25, 0.3) is 32.7 Å². The van der Waals surface area contributed by atoms with Gasteiger partial charge in [0.1, 0.15) is 10.6 Å². The third kappa shape index (κ3) is 6.70. The van der Waals surface area contributed by atoms with Crippen LogP contribution in [0.3, 0.4) is 0 Å². The van der Waals surface area contributed by atoms with Crippen molar-refractivity contribution in [3.05, 3.63) is 125 Å². The van der Waals surface area contributed by atoms with E-state index in [1.54, 1.807) is 34.9 Å². The van der Waals surface area contributed by atoms with E-state index in [1.165, 1.54) is 18.4 Å². The van der Waals surface area contributed by atoms with Gasteiger partial charge in [-0.1, -0.05) is 64.4 Å². The fourth-order valence-corrected chi connectivity index (χ4v) is 6.60. The van der Waals surface area contributed by atoms with Crippen molar-refractivity contribution in [3.8, 4) is 28.3 Å². The number of nitrogens with zero attached hydrogens (tertiary/aromatic N) is 3. The summed E-state index contributed by atoms with van der Waals surface area (Å²) in [5, 5.41) is 4.23. The molecule has 223 valence electrons. The molecule has 45 heavy (non-hydrogen) atoms. The monoisotopic (exact) mass is 711 g/mol. The summed E-state index contributed by atoms with van der Waals surface area (Å²) in [6.07, 6.45) is 0.701. The van der Waals surface area contributed by atoms with Crippen LogP contribution in [0.4, 0.5) is 0 Å². The van der Waals surface area contributed by atoms with Gasteiger partial charge in [-0.05, 0) is 59.5 Å². The largest absolute Gasteiger partial charge is 0.497 e. The number of Topliss-reactive ketones (excluding diaryl/α,β-unsaturated/α-hetero) is 1. The zero-order chi connectivity index (χ0) is 31.0. The standard InChI is InChI=1S/C32H25BrN4O6S.K/c1-3-22-15-25-29(39)36(17-27(38)18-10-12-21(42-2)13-11-18)32(41)37(30(25)44-22)16-20-9-8-19(14-26(20)33)23-6-4-5-7-24(23)28-34-31(40)43-35-28;/h4-15H,3,16-17H2,1-2H3,(H,34,35,40);. The zero-order valence-electron chi connectivity index (χ0n) is 24.6. The average molecular weight is 713 g/mol. The third-order valence-electron chi connectivity index (χ3n) is 7.32. The Labute approximate surface area is 311 Å². The summed E-state index contributed by atoms with van der Waals surface area (Å²) in [5.74, 6) is -0.0899. The van der Waals surface area contributed by atoms with Crippen LogP contribution in [0.15, 0.2) is 96.2 Å². The van der Waals surface area contributed by atoms with Crippen molar-refractivity contribution >= 4 is 94.7 Å². The Balaban J connectivity index is 0.00000400. The molecule has 0 fully saturated rings. The number of methoxy groups -OCH3 is 1. The normalized spacial score (nSPS) is 11.0. The molecule has 3 aromatic carbocycles. The molecular formula is C32H25BrKN4O6S. The molecule has 0 aliphatic heterocycles. The number of halogens is 1. The second kappa shape index (κ2) is 14.1. The van der Waals surface area contributed by atoms with Gasteiger partial charge in [-0.2, -0.15) is 0 Å². The number of fused-ring (bicyclic) bond motifs is 1. The Morgan fingerprint density at radius 3 is 2.38 bits per heavy atom. The number of thiophene rings is 1. The number of carbonyl (C=O) groups is 1. The maximum absolute atomic E-state index is 13.9. The third-order valence-corrected chi connectivity index (χ3v) is 9.36. The van der Waals surface area contributed by atoms with Crippen molar-refractivity contribution < 1.29 is 14.1 Å². The minimum absolute atomic E-state index is 0. The van der Waals surface area contributed by atoms with Crippen LogP contribution in [-0.4, -0.2) is 83.6 Å². The van der Waals surface area contributed by atoms with Gasteiger partial charge < -0.3 is 4.74 Å². The van der Waals surface area contributed by atoms with Crippen LogP contribution >= 0.6 is 27.3 Å². The number of aromatic amines is 1. The number of rotatable bonds is 9. The molecule has 13 heteroatoms. The second-order valence-corrected chi connectivity index (χ2v) is 12.0. The molecule has 0 bridgehead atoms. The second-order valence-electron chi connectivity index (χ2n) is 9.99. The number of nitrogens with one attached hydrogen (secondary N) is 1. The van der Waals surface area contributed by atoms with Crippen molar-refractivity contribution in [1.29, 1.82) is 0 Å². The van der Waals surface area contributed by atoms with E-state index in [4.69, 9.17) is 9.26 Å². The fourth-order valence-electron chi connectivity index (χ4n) is 5.02. The number of H-pyrrole nitrogens is 1. The molecule has 1 N–H and O–H groups in total. The molecule has 0 saturated carbocycles. The molecule has 1 radical (unpaired) electrons. The number of ether oxygens (including phenoxy) is 1. The van der Waals surface area contributed by atoms with E-state index in [0.717, 1.165) is 30.6 Å². The van der Waals surface area contributed by atoms with E-state index in [-0.39, 0.29) is 63.7 Å². The first-order valence-electron chi connectivity index (χ1n) is 13.6. The summed E-state index contributed by atoms with van der Waals surface area (Å²) in [7, 11) is 1.53. The van der Waals surface area contributed by atoms with Crippen LogP contribution in [0.1, 0.15) is 27.7 Å². The Kier molecular flexibility index (Phi) is 10.4. The summed E-state index contributed by atoms with van der Waals surface area (Å²) in [5.41, 5.74) is 2.47. The van der Waals surface area contributed by atoms with Gasteiger partial charge >= 0.3 is 11.4 Å². The minimum atomic E-state index is -0.644. The van der Waals surface area contributed by atoms with E-state index in [2.05, 4.69) is 26.1 Å². The molecule has 3 aromatic heterocycles. The number of ketones is 1. The number of carbonyl (C=O) groups excluding carboxylic acids is 1. The first-order chi connectivity index (χ1) is 21.3. The number of hydrogen-bond acceptors (Lipinski definition) is 8. The Morgan fingerprint density at radius 1 is 1.00 bits per heavy atom. The average Bonchev–Trinajstić information content (AvgIpc) is 3.68. The first-order valence-corrected chi connectivity index (χ1v) is 15.3. The molecule has 3 heterocycles. The number of aromatic nitrogens is 4. The Morgan fingerprint density at radius 2 is 1.73 bits per heavy atom. The summed E-state index contributed by atoms with van der Waals surface area (Å²) < 4.78 is 13.2. The Bertz CT molecular complexity index is 2210. The number of benzene rings is 3.